The van der Waals surface area contributed by atoms with E-state index in [2.05, 4.69) is 91.7 Å². The van der Waals surface area contributed by atoms with Gasteiger partial charge in [-0.25, -0.2) is 0 Å². The number of carbonyl (C=O) groups excluding carboxylic acids is 3. The van der Waals surface area contributed by atoms with Crippen LogP contribution in [-0.4, -0.2) is 61.0 Å². The molecule has 2 aliphatic heterocycles. The first-order valence-corrected chi connectivity index (χ1v) is 20.1. The van der Waals surface area contributed by atoms with Crippen LogP contribution in [0.5, 0.6) is 0 Å². The molecule has 0 bridgehead atoms. The first-order valence-electron chi connectivity index (χ1n) is 18.2. The minimum atomic E-state index is -0.181. The molecule has 55 heavy (non-hydrogen) atoms. The van der Waals surface area contributed by atoms with Crippen molar-refractivity contribution < 1.29 is 129 Å². The fourth-order valence-electron chi connectivity index (χ4n) is 6.37. The maximum absolute atomic E-state index is 12.4. The Morgan fingerprint density at radius 1 is 0.764 bits per heavy atom. The molecule has 2 atom stereocenters. The van der Waals surface area contributed by atoms with Gasteiger partial charge in [-0.2, -0.15) is 0 Å². The Hall–Kier alpha value is -0.0973. The van der Waals surface area contributed by atoms with E-state index in [0.717, 1.165) is 31.0 Å². The maximum atomic E-state index is 12.4. The number of alkyl halides is 1. The Bertz CT molecular complexity index is 1610. The quantitative estimate of drug-likeness (QED) is 0.0584. The number of aryl methyl sites for hydroxylation is 2. The van der Waals surface area contributed by atoms with E-state index in [1.54, 1.807) is 36.4 Å². The smallest absolute Gasteiger partial charge is 1.00 e. The fraction of sp³-hybridized carbons (Fsp3) is 0.372. The topological polar surface area (TPSA) is 98.8 Å². The Kier molecular flexibility index (Phi) is 31.5. The third kappa shape index (κ3) is 23.3. The largest absolute Gasteiger partial charge is 1.00 e. The predicted octanol–water partition coefficient (Wildman–Crippen LogP) is 2.96. The van der Waals surface area contributed by atoms with Crippen molar-refractivity contribution in [3.8, 4) is 0 Å². The van der Waals surface area contributed by atoms with Gasteiger partial charge in [-0.05, 0) is 142 Å². The number of carbonyl (C=O) groups is 3. The monoisotopic (exact) mass is 902 g/mol. The third-order valence-corrected chi connectivity index (χ3v) is 10.2. The van der Waals surface area contributed by atoms with Gasteiger partial charge in [-0.3, -0.25) is 19.3 Å². The van der Waals surface area contributed by atoms with Crippen molar-refractivity contribution >= 4 is 57.2 Å². The Balaban J connectivity index is 0.000000809. The van der Waals surface area contributed by atoms with Crippen molar-refractivity contribution in [1.29, 1.82) is 0 Å². The summed E-state index contributed by atoms with van der Waals surface area (Å²) in [4.78, 5) is 37.0. The number of likely N-dealkylation sites (tertiary alicyclic amines) is 1. The molecule has 2 heterocycles. The average Bonchev–Trinajstić information content (AvgIpc) is 3.21. The number of hydrogen-bond acceptors (Lipinski definition) is 7. The zero-order chi connectivity index (χ0) is 38.1. The summed E-state index contributed by atoms with van der Waals surface area (Å²) >= 11 is 14.6. The number of halogens is 3. The van der Waals surface area contributed by atoms with Gasteiger partial charge in [0.25, 0.3) is 6.47 Å². The summed E-state index contributed by atoms with van der Waals surface area (Å²) in [6, 6.07) is 35.5. The molecule has 12 heteroatoms. The summed E-state index contributed by atoms with van der Waals surface area (Å²) in [5.41, 5.74) is 4.34. The van der Waals surface area contributed by atoms with Crippen molar-refractivity contribution in [3.05, 3.63) is 141 Å². The van der Waals surface area contributed by atoms with Crippen molar-refractivity contribution in [2.24, 2.45) is 11.8 Å². The van der Waals surface area contributed by atoms with Gasteiger partial charge >= 0.3 is 103 Å². The van der Waals surface area contributed by atoms with Crippen LogP contribution < -0.4 is 113 Å². The first kappa shape index (κ1) is 52.9. The number of hydrogen-bond donors (Lipinski definition) is 1. The Morgan fingerprint density at radius 2 is 1.24 bits per heavy atom. The molecule has 2 unspecified atom stereocenters. The van der Waals surface area contributed by atoms with Crippen LogP contribution in [0.15, 0.2) is 109 Å². The molecular formula is C43H51BrCl2K2N2O5. The zero-order valence-electron chi connectivity index (χ0n) is 33.1. The molecule has 2 fully saturated rings. The molecule has 2 saturated heterocycles. The van der Waals surface area contributed by atoms with Crippen LogP contribution in [0.4, 0.5) is 0 Å². The van der Waals surface area contributed by atoms with Crippen molar-refractivity contribution in [3.63, 3.8) is 0 Å². The number of Topliss-reactive ketones (excluding diaryl/α,β-unsaturated/α-hetero) is 2. The second-order valence-corrected chi connectivity index (χ2v) is 14.6. The summed E-state index contributed by atoms with van der Waals surface area (Å²) in [5, 5.41) is 13.6. The second kappa shape index (κ2) is 32.7. The molecule has 4 aromatic rings. The van der Waals surface area contributed by atoms with E-state index in [0.29, 0.717) is 33.4 Å². The first-order chi connectivity index (χ1) is 25.8. The molecule has 0 radical (unpaired) electrons. The van der Waals surface area contributed by atoms with Crippen LogP contribution >= 0.6 is 39.1 Å². The van der Waals surface area contributed by atoms with Crippen LogP contribution in [-0.2, 0) is 22.5 Å². The van der Waals surface area contributed by atoms with Gasteiger partial charge in [0, 0.05) is 27.7 Å². The van der Waals surface area contributed by atoms with Gasteiger partial charge < -0.3 is 16.9 Å². The summed E-state index contributed by atoms with van der Waals surface area (Å²) in [6.07, 6.45) is 10.2. The molecule has 0 aliphatic carbocycles. The van der Waals surface area contributed by atoms with Crippen molar-refractivity contribution in [2.45, 2.75) is 51.4 Å². The van der Waals surface area contributed by atoms with E-state index in [1.165, 1.54) is 69.2 Å². The van der Waals surface area contributed by atoms with E-state index >= 15 is 0 Å². The van der Waals surface area contributed by atoms with Crippen LogP contribution in [0.2, 0.25) is 10.0 Å². The van der Waals surface area contributed by atoms with Gasteiger partial charge in [0.05, 0.1) is 11.9 Å². The standard InChI is InChI=1S/C21H24ClNO.C13H19N.C8H6BrClO.CH2O3.2K.H/c22-20-12-10-19(11-13-20)21(24)16-23-14-4-7-18(15-23)9-8-17-5-2-1-3-6-17;1-2-5-12(6-3-1)8-9-13-7-4-10-14-11-13;9-5-8(11)6-1-3-7(10)4-2-6;2-1-4-3;;;/h1-3,5-6,10-13,18H,4,7-9,14-16H2;1-3,5-6,13-14H,4,7-11H2;1-4H,5H2;1,3H;;;/q;;;;2*+1;-1/p-1. The van der Waals surface area contributed by atoms with Crippen molar-refractivity contribution in [1.82, 2.24) is 10.2 Å². The minimum absolute atomic E-state index is 0. The molecule has 1 N–H and O–H groups in total. The van der Waals surface area contributed by atoms with Gasteiger partial charge in [-0.1, -0.05) is 99.8 Å². The molecule has 6 rings (SSSR count). The van der Waals surface area contributed by atoms with E-state index in [-0.39, 0.29) is 122 Å². The zero-order valence-corrected chi connectivity index (χ0v) is 41.5. The maximum Gasteiger partial charge on any atom is 1.00 e. The Morgan fingerprint density at radius 3 is 1.69 bits per heavy atom. The number of rotatable bonds is 12. The molecular weight excluding hydrogens is 853 g/mol. The fourth-order valence-corrected chi connectivity index (χ4v) is 6.95. The number of ketones is 2. The predicted molar refractivity (Wildman–Crippen MR) is 218 cm³/mol. The molecule has 7 nitrogen and oxygen atoms in total. The average molecular weight is 905 g/mol. The summed E-state index contributed by atoms with van der Waals surface area (Å²) in [6.45, 7) is 4.85. The van der Waals surface area contributed by atoms with E-state index < -0.39 is 0 Å². The number of benzene rings is 4. The van der Waals surface area contributed by atoms with Crippen molar-refractivity contribution in [2.75, 3.05) is 38.1 Å². The van der Waals surface area contributed by atoms with Gasteiger partial charge in [-0.15, -0.1) is 0 Å². The molecule has 0 aromatic heterocycles. The van der Waals surface area contributed by atoms with Crippen LogP contribution in [0, 0.1) is 11.8 Å². The number of nitrogens with zero attached hydrogens (tertiary/aromatic N) is 1. The normalized spacial score (nSPS) is 16.0. The number of piperidine rings is 2. The third-order valence-electron chi connectivity index (χ3n) is 9.23. The van der Waals surface area contributed by atoms with E-state index in [1.807, 2.05) is 12.1 Å². The van der Waals surface area contributed by atoms with Crippen LogP contribution in [0.3, 0.4) is 0 Å². The van der Waals surface area contributed by atoms with E-state index in [4.69, 9.17) is 33.3 Å². The van der Waals surface area contributed by atoms with E-state index in [9.17, 15) is 9.59 Å². The van der Waals surface area contributed by atoms with Crippen LogP contribution in [0.1, 0.15) is 71.8 Å². The minimum Gasteiger partial charge on any atom is -1.00 e. The molecule has 2 aliphatic rings. The molecule has 0 saturated carbocycles. The van der Waals surface area contributed by atoms with Gasteiger partial charge in [0.1, 0.15) is 0 Å². The molecule has 286 valence electrons. The van der Waals surface area contributed by atoms with Crippen LogP contribution in [0.25, 0.3) is 0 Å². The Labute approximate surface area is 432 Å². The summed E-state index contributed by atoms with van der Waals surface area (Å²) in [7, 11) is 0. The number of nitrogens with one attached hydrogen (secondary N) is 1. The molecule has 4 aromatic carbocycles. The van der Waals surface area contributed by atoms with Gasteiger partial charge in [0.15, 0.2) is 11.6 Å². The summed E-state index contributed by atoms with van der Waals surface area (Å²) < 4.78 is 0. The second-order valence-electron chi connectivity index (χ2n) is 13.2. The SMILES string of the molecule is O=C(CBr)c1ccc(Cl)cc1.O=C(CN1CCCC(CCc2ccccc2)C1)c1ccc(Cl)cc1.O=CO[O-].[H-].[K+].[K+].c1ccc(CCC2CCCNC2)cc1. The molecule has 0 spiro atoms. The molecule has 0 amide bonds. The van der Waals surface area contributed by atoms with Gasteiger partial charge in [0.2, 0.25) is 0 Å². The summed E-state index contributed by atoms with van der Waals surface area (Å²) in [5.74, 6) is 1.86.